The van der Waals surface area contributed by atoms with Gasteiger partial charge in [0.15, 0.2) is 0 Å². The maximum atomic E-state index is 14.0. The molecule has 3 fully saturated rings. The number of para-hydroxylation sites is 1. The molecule has 4 aliphatic heterocycles. The summed E-state index contributed by atoms with van der Waals surface area (Å²) in [6.07, 6.45) is 0.375. The van der Waals surface area contributed by atoms with Crippen LogP contribution >= 0.6 is 15.9 Å². The number of anilines is 2. The van der Waals surface area contributed by atoms with Gasteiger partial charge in [-0.2, -0.15) is 13.2 Å². The minimum Gasteiger partial charge on any atom is -0.438 e. The molecule has 1 atom stereocenters. The second kappa shape index (κ2) is 13.7. The number of fused-ring (bicyclic) bond motifs is 2. The number of alkyl halides is 3. The maximum absolute atomic E-state index is 14.0. The van der Waals surface area contributed by atoms with Gasteiger partial charge in [-0.05, 0) is 78.5 Å². The molecule has 4 heterocycles. The van der Waals surface area contributed by atoms with Crippen LogP contribution in [0.15, 0.2) is 40.9 Å². The van der Waals surface area contributed by atoms with Gasteiger partial charge in [-0.3, -0.25) is 15.0 Å². The molecule has 4 aliphatic rings. The number of piperidine rings is 3. The number of carbonyl (C=O) groups is 2. The highest BCUT2D eigenvalue weighted by Gasteiger charge is 2.44. The number of amides is 2. The Morgan fingerprint density at radius 3 is 2.46 bits per heavy atom. The van der Waals surface area contributed by atoms with Crippen LogP contribution in [0.3, 0.4) is 0 Å². The van der Waals surface area contributed by atoms with Crippen molar-refractivity contribution in [2.45, 2.75) is 75.3 Å². The number of nitrogens with zero attached hydrogens (tertiary/aromatic N) is 3. The molecule has 13 heteroatoms. The number of hydrogen-bond donors (Lipinski definition) is 2. The largest absolute Gasteiger partial charge is 0.438 e. The molecule has 1 spiro atoms. The van der Waals surface area contributed by atoms with Crippen LogP contribution < -0.4 is 11.1 Å². The summed E-state index contributed by atoms with van der Waals surface area (Å²) >= 11 is 3.18. The summed E-state index contributed by atoms with van der Waals surface area (Å²) in [6, 6.07) is 10.6. The fourth-order valence-electron chi connectivity index (χ4n) is 7.36. The van der Waals surface area contributed by atoms with E-state index in [1.165, 1.54) is 25.3 Å². The first kappa shape index (κ1) is 33.0. The number of benzene rings is 2. The highest BCUT2D eigenvalue weighted by molar-refractivity contribution is 9.10. The van der Waals surface area contributed by atoms with Crippen LogP contribution in [0.2, 0.25) is 0 Å². The van der Waals surface area contributed by atoms with Crippen molar-refractivity contribution in [1.82, 2.24) is 14.7 Å². The molecule has 0 saturated carbocycles. The number of carbonyl (C=O) groups excluding carboxylic acids is 2. The molecule has 2 amide bonds. The highest BCUT2D eigenvalue weighted by Crippen LogP contribution is 2.43. The Bertz CT molecular complexity index is 1420. The molecule has 9 nitrogen and oxygen atoms in total. The van der Waals surface area contributed by atoms with E-state index < -0.39 is 29.5 Å². The van der Waals surface area contributed by atoms with Crippen LogP contribution in [0.1, 0.15) is 61.6 Å². The van der Waals surface area contributed by atoms with Gasteiger partial charge in [0.2, 0.25) is 0 Å². The van der Waals surface area contributed by atoms with Gasteiger partial charge in [-0.15, -0.1) is 0 Å². The van der Waals surface area contributed by atoms with Gasteiger partial charge in [0, 0.05) is 61.5 Å². The van der Waals surface area contributed by atoms with Crippen molar-refractivity contribution >= 4 is 39.3 Å². The zero-order valence-electron chi connectivity index (χ0n) is 25.8. The lowest BCUT2D eigenvalue weighted by Gasteiger charge is -2.44. The summed E-state index contributed by atoms with van der Waals surface area (Å²) in [6.45, 7) is 4.58. The first-order valence-corrected chi connectivity index (χ1v) is 16.9. The summed E-state index contributed by atoms with van der Waals surface area (Å²) in [7, 11) is 0. The van der Waals surface area contributed by atoms with E-state index in [0.29, 0.717) is 50.6 Å². The van der Waals surface area contributed by atoms with Crippen LogP contribution in [0.5, 0.6) is 0 Å². The third-order valence-electron chi connectivity index (χ3n) is 9.94. The normalized spacial score (nSPS) is 21.8. The molecule has 2 aromatic carbocycles. The van der Waals surface area contributed by atoms with Gasteiger partial charge in [0.25, 0.3) is 5.91 Å². The molecule has 3 saturated heterocycles. The smallest absolute Gasteiger partial charge is 0.418 e. The van der Waals surface area contributed by atoms with Gasteiger partial charge < -0.3 is 25.0 Å². The van der Waals surface area contributed by atoms with Crippen molar-refractivity contribution < 1.29 is 32.2 Å². The van der Waals surface area contributed by atoms with E-state index in [2.05, 4.69) is 26.1 Å². The Morgan fingerprint density at radius 1 is 1.07 bits per heavy atom. The lowest BCUT2D eigenvalue weighted by molar-refractivity contribution is -0.150. The van der Waals surface area contributed by atoms with Crippen LogP contribution in [0.4, 0.5) is 29.3 Å². The minimum absolute atomic E-state index is 0.0265. The monoisotopic (exact) mass is 707 g/mol. The highest BCUT2D eigenvalue weighted by atomic mass is 79.9. The number of nitrogens with two attached hydrogens (primary N) is 1. The number of nitrogen functional groups attached to an aromatic ring is 1. The molecular formula is C33H41BrF3N5O4. The Morgan fingerprint density at radius 2 is 1.76 bits per heavy atom. The number of likely N-dealkylation sites (tertiary alicyclic amines) is 3. The second-order valence-corrected chi connectivity index (χ2v) is 13.7. The Kier molecular flexibility index (Phi) is 9.84. The van der Waals surface area contributed by atoms with E-state index in [4.69, 9.17) is 15.2 Å². The molecule has 0 aliphatic carbocycles. The van der Waals surface area contributed by atoms with E-state index in [9.17, 15) is 22.8 Å². The zero-order valence-corrected chi connectivity index (χ0v) is 27.4. The molecule has 0 radical (unpaired) electrons. The van der Waals surface area contributed by atoms with E-state index >= 15 is 0 Å². The van der Waals surface area contributed by atoms with E-state index in [0.717, 1.165) is 43.2 Å². The SMILES string of the molecule is Nc1c(Br)cc(C[C@@H](OCN2CCC3(CC2)OC(=O)Nc2ccccc23)C(=O)N2CCC(N3CCCCC3)CC2)cc1C(F)(F)F. The van der Waals surface area contributed by atoms with Gasteiger partial charge in [-0.25, -0.2) is 4.79 Å². The Labute approximate surface area is 275 Å². The summed E-state index contributed by atoms with van der Waals surface area (Å²) in [4.78, 5) is 32.7. The maximum Gasteiger partial charge on any atom is 0.418 e. The zero-order chi connectivity index (χ0) is 32.5. The second-order valence-electron chi connectivity index (χ2n) is 12.9. The third-order valence-corrected chi connectivity index (χ3v) is 10.6. The van der Waals surface area contributed by atoms with Crippen molar-refractivity contribution in [3.8, 4) is 0 Å². The fourth-order valence-corrected chi connectivity index (χ4v) is 7.87. The van der Waals surface area contributed by atoms with Gasteiger partial charge in [0.05, 0.1) is 16.9 Å². The van der Waals surface area contributed by atoms with Crippen molar-refractivity contribution in [3.05, 3.63) is 57.6 Å². The first-order chi connectivity index (χ1) is 22.0. The van der Waals surface area contributed by atoms with Gasteiger partial charge in [0.1, 0.15) is 18.4 Å². The summed E-state index contributed by atoms with van der Waals surface area (Å²) in [5.41, 5.74) is 5.67. The van der Waals surface area contributed by atoms with E-state index in [1.54, 1.807) is 4.90 Å². The summed E-state index contributed by atoms with van der Waals surface area (Å²) in [5, 5.41) is 2.77. The minimum atomic E-state index is -4.64. The molecule has 46 heavy (non-hydrogen) atoms. The van der Waals surface area contributed by atoms with Crippen molar-refractivity contribution in [1.29, 1.82) is 0 Å². The standard InChI is InChI=1S/C33H41BrF3N5O4/c34-26-19-22(18-25(29(26)38)33(35,36)37)20-28(30(43)42-14-8-23(9-15-42)41-12-4-1-5-13-41)45-21-40-16-10-32(11-17-40)24-6-2-3-7-27(24)39-31(44)46-32/h2-3,6-7,18-19,23,28H,1,4-5,8-17,20-21,38H2,(H,39,44)/t28-/m1/s1. The van der Waals surface area contributed by atoms with Crippen LogP contribution in [0, 0.1) is 0 Å². The fraction of sp³-hybridized carbons (Fsp3) is 0.576. The summed E-state index contributed by atoms with van der Waals surface area (Å²) in [5.74, 6) is -0.215. The Balaban J connectivity index is 1.15. The topological polar surface area (TPSA) is 100 Å². The Hall–Kier alpha value is -2.87. The number of nitrogens with one attached hydrogen (secondary N) is 1. The average molecular weight is 709 g/mol. The number of hydrogen-bond acceptors (Lipinski definition) is 7. The lowest BCUT2D eigenvalue weighted by Crippen LogP contribution is -2.52. The van der Waals surface area contributed by atoms with Crippen molar-refractivity contribution in [2.75, 3.05) is 57.0 Å². The molecule has 2 aromatic rings. The third kappa shape index (κ3) is 7.17. The number of ether oxygens (including phenoxy) is 2. The molecular weight excluding hydrogens is 667 g/mol. The number of halogens is 4. The first-order valence-electron chi connectivity index (χ1n) is 16.1. The van der Waals surface area contributed by atoms with Crippen LogP contribution in [-0.2, 0) is 32.5 Å². The lowest BCUT2D eigenvalue weighted by atomic mass is 9.82. The predicted octanol–water partition coefficient (Wildman–Crippen LogP) is 5.97. The van der Waals surface area contributed by atoms with Crippen molar-refractivity contribution in [3.63, 3.8) is 0 Å². The molecule has 6 rings (SSSR count). The summed E-state index contributed by atoms with van der Waals surface area (Å²) < 4.78 is 53.6. The van der Waals surface area contributed by atoms with Gasteiger partial charge in [-0.1, -0.05) is 24.6 Å². The predicted molar refractivity (Wildman–Crippen MR) is 171 cm³/mol. The molecule has 0 aromatic heterocycles. The number of rotatable bonds is 7. The van der Waals surface area contributed by atoms with E-state index in [-0.39, 0.29) is 29.2 Å². The quantitative estimate of drug-likeness (QED) is 0.343. The van der Waals surface area contributed by atoms with Crippen molar-refractivity contribution in [2.24, 2.45) is 0 Å². The van der Waals surface area contributed by atoms with Gasteiger partial charge >= 0.3 is 12.3 Å². The molecule has 3 N–H and O–H groups in total. The molecule has 250 valence electrons. The average Bonchev–Trinajstić information content (AvgIpc) is 3.05. The van der Waals surface area contributed by atoms with E-state index in [1.807, 2.05) is 29.2 Å². The molecule has 0 bridgehead atoms. The molecule has 0 unspecified atom stereocenters. The van der Waals surface area contributed by atoms with Crippen LogP contribution in [-0.4, -0.2) is 84.8 Å². The van der Waals surface area contributed by atoms with Crippen LogP contribution in [0.25, 0.3) is 0 Å².